The Morgan fingerprint density at radius 1 is 1.11 bits per heavy atom. The first-order valence-electron chi connectivity index (χ1n) is 7.84. The fourth-order valence-electron chi connectivity index (χ4n) is 2.19. The fourth-order valence-corrected chi connectivity index (χ4v) is 2.45. The van der Waals surface area contributed by atoms with Crippen molar-refractivity contribution in [1.82, 2.24) is 0 Å². The van der Waals surface area contributed by atoms with Gasteiger partial charge in [-0.1, -0.05) is 11.6 Å². The van der Waals surface area contributed by atoms with Crippen LogP contribution in [0.3, 0.4) is 0 Å². The first-order chi connectivity index (χ1) is 13.0. The van der Waals surface area contributed by atoms with Crippen molar-refractivity contribution < 1.29 is 27.4 Å². The van der Waals surface area contributed by atoms with E-state index in [2.05, 4.69) is 0 Å². The summed E-state index contributed by atoms with van der Waals surface area (Å²) in [5, 5.41) is 9.25. The number of alkyl halides is 3. The van der Waals surface area contributed by atoms with Crippen LogP contribution in [0.4, 0.5) is 13.2 Å². The quantitative estimate of drug-likeness (QED) is 0.533. The lowest BCUT2D eigenvalue weighted by atomic mass is 10.1. The van der Waals surface area contributed by atoms with Gasteiger partial charge in [-0.3, -0.25) is 0 Å². The van der Waals surface area contributed by atoms with Gasteiger partial charge in [-0.05, 0) is 56.4 Å². The van der Waals surface area contributed by atoms with Gasteiger partial charge in [-0.15, -0.1) is 0 Å². The number of benzene rings is 2. The van der Waals surface area contributed by atoms with Gasteiger partial charge in [-0.25, -0.2) is 0 Å². The Balaban J connectivity index is 2.34. The van der Waals surface area contributed by atoms with Gasteiger partial charge in [0.25, 0.3) is 0 Å². The molecule has 0 saturated carbocycles. The Bertz CT molecular complexity index is 939. The van der Waals surface area contributed by atoms with Crippen LogP contribution in [-0.2, 0) is 10.9 Å². The second kappa shape index (κ2) is 8.25. The standard InChI is InChI=1S/C19H15ClF3NO3S/c1-18(2,17(28)25-3)27-16-9-13(6-4-11(16)10-24)26-15-7-5-12(8-14(15)20)19(21,22)23/h4-9H,1-3H3. The van der Waals surface area contributed by atoms with E-state index < -0.39 is 17.3 Å². The number of thiocarbonyl (C=S) groups is 1. The largest absolute Gasteiger partial charge is 0.487 e. The molecule has 0 aliphatic rings. The average molecular weight is 430 g/mol. The predicted octanol–water partition coefficient (Wildman–Crippen LogP) is 6.15. The van der Waals surface area contributed by atoms with Gasteiger partial charge >= 0.3 is 6.18 Å². The first-order valence-corrected chi connectivity index (χ1v) is 8.62. The van der Waals surface area contributed by atoms with Gasteiger partial charge in [0.2, 0.25) is 5.05 Å². The number of methoxy groups -OCH3 is 1. The lowest BCUT2D eigenvalue weighted by Crippen LogP contribution is -2.38. The molecule has 4 nitrogen and oxygen atoms in total. The molecule has 0 heterocycles. The Morgan fingerprint density at radius 3 is 2.32 bits per heavy atom. The third-order valence-electron chi connectivity index (χ3n) is 3.60. The minimum Gasteiger partial charge on any atom is -0.487 e. The molecule has 0 amide bonds. The Hall–Kier alpha value is -2.50. The molecule has 0 N–H and O–H groups in total. The van der Waals surface area contributed by atoms with Gasteiger partial charge in [0.15, 0.2) is 5.60 Å². The van der Waals surface area contributed by atoms with Crippen molar-refractivity contribution in [2.45, 2.75) is 25.6 Å². The smallest absolute Gasteiger partial charge is 0.416 e. The van der Waals surface area contributed by atoms with Crippen LogP contribution in [0.1, 0.15) is 25.0 Å². The molecule has 2 aromatic rings. The zero-order valence-electron chi connectivity index (χ0n) is 15.1. The van der Waals surface area contributed by atoms with E-state index in [-0.39, 0.29) is 32.9 Å². The lowest BCUT2D eigenvalue weighted by molar-refractivity contribution is -0.137. The van der Waals surface area contributed by atoms with E-state index in [1.165, 1.54) is 25.3 Å². The molecule has 0 fully saturated rings. The molecule has 9 heteroatoms. The van der Waals surface area contributed by atoms with E-state index >= 15 is 0 Å². The van der Waals surface area contributed by atoms with Gasteiger partial charge in [0.05, 0.1) is 23.3 Å². The maximum absolute atomic E-state index is 12.7. The Morgan fingerprint density at radius 2 is 1.79 bits per heavy atom. The van der Waals surface area contributed by atoms with Gasteiger partial charge in [0, 0.05) is 6.07 Å². The maximum atomic E-state index is 12.7. The summed E-state index contributed by atoms with van der Waals surface area (Å²) >= 11 is 11.0. The van der Waals surface area contributed by atoms with E-state index in [0.29, 0.717) is 0 Å². The third kappa shape index (κ3) is 5.06. The SMILES string of the molecule is COC(=S)C(C)(C)Oc1cc(Oc2ccc(C(F)(F)F)cc2Cl)ccc1C#N. The highest BCUT2D eigenvalue weighted by atomic mass is 35.5. The molecule has 0 spiro atoms. The third-order valence-corrected chi connectivity index (χ3v) is 4.56. The number of ether oxygens (including phenoxy) is 3. The van der Waals surface area contributed by atoms with Crippen LogP contribution in [0.2, 0.25) is 5.02 Å². The lowest BCUT2D eigenvalue weighted by Gasteiger charge is -2.26. The van der Waals surface area contributed by atoms with E-state index in [4.69, 9.17) is 38.0 Å². The first kappa shape index (κ1) is 21.8. The predicted molar refractivity (Wildman–Crippen MR) is 102 cm³/mol. The molecule has 0 radical (unpaired) electrons. The van der Waals surface area contributed by atoms with Crippen LogP contribution < -0.4 is 9.47 Å². The zero-order valence-corrected chi connectivity index (χ0v) is 16.6. The molecule has 0 aliphatic heterocycles. The van der Waals surface area contributed by atoms with E-state index in [1.807, 2.05) is 6.07 Å². The number of nitrogens with zero attached hydrogens (tertiary/aromatic N) is 1. The number of hydrogen-bond acceptors (Lipinski definition) is 5. The van der Waals surface area contributed by atoms with Crippen LogP contribution in [0, 0.1) is 11.3 Å². The zero-order chi connectivity index (χ0) is 21.1. The number of rotatable bonds is 5. The molecule has 0 aliphatic carbocycles. The topological polar surface area (TPSA) is 51.5 Å². The van der Waals surface area contributed by atoms with Crippen LogP contribution in [0.15, 0.2) is 36.4 Å². The van der Waals surface area contributed by atoms with Crippen molar-refractivity contribution in [2.75, 3.05) is 7.11 Å². The molecule has 0 bridgehead atoms. The minimum atomic E-state index is -4.51. The summed E-state index contributed by atoms with van der Waals surface area (Å²) in [6.45, 7) is 3.33. The Kier molecular flexibility index (Phi) is 6.42. The molecule has 148 valence electrons. The highest BCUT2D eigenvalue weighted by molar-refractivity contribution is 7.80. The van der Waals surface area contributed by atoms with Crippen molar-refractivity contribution in [3.8, 4) is 23.3 Å². The van der Waals surface area contributed by atoms with Gasteiger partial charge in [-0.2, -0.15) is 18.4 Å². The summed E-state index contributed by atoms with van der Waals surface area (Å²) in [6, 6.07) is 9.09. The molecule has 2 aromatic carbocycles. The molecular formula is C19H15ClF3NO3S. The molecule has 2 rings (SSSR count). The van der Waals surface area contributed by atoms with Gasteiger partial charge in [0.1, 0.15) is 23.3 Å². The van der Waals surface area contributed by atoms with Gasteiger partial charge < -0.3 is 14.2 Å². The Labute approximate surface area is 170 Å². The average Bonchev–Trinajstić information content (AvgIpc) is 2.61. The molecular weight excluding hydrogens is 415 g/mol. The van der Waals surface area contributed by atoms with Crippen molar-refractivity contribution in [3.05, 3.63) is 52.5 Å². The van der Waals surface area contributed by atoms with Crippen molar-refractivity contribution in [1.29, 1.82) is 5.26 Å². The number of nitriles is 1. The maximum Gasteiger partial charge on any atom is 0.416 e. The highest BCUT2D eigenvalue weighted by Gasteiger charge is 2.31. The summed E-state index contributed by atoms with van der Waals surface area (Å²) < 4.78 is 54.6. The molecule has 0 saturated heterocycles. The fraction of sp³-hybridized carbons (Fsp3) is 0.263. The second-order valence-corrected chi connectivity index (χ2v) is 6.90. The van der Waals surface area contributed by atoms with Crippen LogP contribution in [0.5, 0.6) is 17.2 Å². The van der Waals surface area contributed by atoms with E-state index in [1.54, 1.807) is 13.8 Å². The summed E-state index contributed by atoms with van der Waals surface area (Å²) in [5.41, 5.74) is -1.68. The van der Waals surface area contributed by atoms with Crippen molar-refractivity contribution in [3.63, 3.8) is 0 Å². The van der Waals surface area contributed by atoms with Crippen LogP contribution >= 0.6 is 23.8 Å². The molecule has 28 heavy (non-hydrogen) atoms. The van der Waals surface area contributed by atoms with Crippen LogP contribution in [-0.4, -0.2) is 17.8 Å². The minimum absolute atomic E-state index is 0.0250. The summed E-state index contributed by atoms with van der Waals surface area (Å²) in [7, 11) is 1.41. The summed E-state index contributed by atoms with van der Waals surface area (Å²) in [6.07, 6.45) is -4.51. The molecule has 0 aromatic heterocycles. The number of halogens is 4. The van der Waals surface area contributed by atoms with E-state index in [0.717, 1.165) is 18.2 Å². The normalized spacial score (nSPS) is 11.5. The van der Waals surface area contributed by atoms with Crippen molar-refractivity contribution >= 4 is 28.9 Å². The van der Waals surface area contributed by atoms with E-state index in [9.17, 15) is 18.4 Å². The van der Waals surface area contributed by atoms with Crippen LogP contribution in [0.25, 0.3) is 0 Å². The van der Waals surface area contributed by atoms with Crippen molar-refractivity contribution in [2.24, 2.45) is 0 Å². The molecule has 0 unspecified atom stereocenters. The monoisotopic (exact) mass is 429 g/mol. The summed E-state index contributed by atoms with van der Waals surface area (Å²) in [5.74, 6) is 0.416. The number of hydrogen-bond donors (Lipinski definition) is 0. The highest BCUT2D eigenvalue weighted by Crippen LogP contribution is 2.37. The second-order valence-electron chi connectivity index (χ2n) is 6.12. The summed E-state index contributed by atoms with van der Waals surface area (Å²) in [4.78, 5) is 0. The molecule has 0 atom stereocenters.